The van der Waals surface area contributed by atoms with Gasteiger partial charge in [0.05, 0.1) is 4.88 Å². The molecule has 3 nitrogen and oxygen atoms in total. The molecule has 110 valence electrons. The van der Waals surface area contributed by atoms with Crippen LogP contribution in [0.1, 0.15) is 15.2 Å². The molecule has 2 aromatic carbocycles. The van der Waals surface area contributed by atoms with Gasteiger partial charge in [-0.2, -0.15) is 0 Å². The normalized spacial score (nSPS) is 10.2. The van der Waals surface area contributed by atoms with Crippen LogP contribution < -0.4 is 10.1 Å². The highest BCUT2D eigenvalue weighted by Gasteiger charge is 2.06. The van der Waals surface area contributed by atoms with Crippen molar-refractivity contribution in [1.82, 2.24) is 0 Å². The van der Waals surface area contributed by atoms with E-state index in [1.54, 1.807) is 6.07 Å². The van der Waals surface area contributed by atoms with E-state index < -0.39 is 0 Å². The Hall–Kier alpha value is -2.59. The summed E-state index contributed by atoms with van der Waals surface area (Å²) in [6, 6.07) is 18.9. The fourth-order valence-electron chi connectivity index (χ4n) is 2.02. The highest BCUT2D eigenvalue weighted by atomic mass is 32.1. The fourth-order valence-corrected chi connectivity index (χ4v) is 2.64. The number of ether oxygens (including phenoxy) is 1. The molecule has 0 spiro atoms. The van der Waals surface area contributed by atoms with Crippen LogP contribution in [0.15, 0.2) is 66.0 Å². The molecule has 22 heavy (non-hydrogen) atoms. The molecular formula is C18H15NO2S. The average molecular weight is 309 g/mol. The molecule has 0 saturated carbocycles. The summed E-state index contributed by atoms with van der Waals surface area (Å²) in [6.45, 7) is 2.02. The Labute approximate surface area is 133 Å². The maximum Gasteiger partial charge on any atom is 0.265 e. The van der Waals surface area contributed by atoms with Crippen LogP contribution in [0.2, 0.25) is 0 Å². The SMILES string of the molecule is Cc1cccc(Oc2ccc(NC(=O)c3cccs3)cc2)c1. The first kappa shape index (κ1) is 14.4. The van der Waals surface area contributed by atoms with Crippen molar-refractivity contribution in [3.63, 3.8) is 0 Å². The molecular weight excluding hydrogens is 294 g/mol. The summed E-state index contributed by atoms with van der Waals surface area (Å²) in [5.41, 5.74) is 1.90. The van der Waals surface area contributed by atoms with Crippen LogP contribution >= 0.6 is 11.3 Å². The molecule has 1 heterocycles. The van der Waals surface area contributed by atoms with Crippen LogP contribution in [0, 0.1) is 6.92 Å². The van der Waals surface area contributed by atoms with E-state index in [2.05, 4.69) is 5.32 Å². The molecule has 0 bridgehead atoms. The van der Waals surface area contributed by atoms with Crippen LogP contribution in [-0.4, -0.2) is 5.91 Å². The van der Waals surface area contributed by atoms with Crippen LogP contribution in [-0.2, 0) is 0 Å². The standard InChI is InChI=1S/C18H15NO2S/c1-13-4-2-5-16(12-13)21-15-9-7-14(8-10-15)19-18(20)17-6-3-11-22-17/h2-12H,1H3,(H,19,20). The first-order valence-electron chi connectivity index (χ1n) is 6.90. The van der Waals surface area contributed by atoms with Crippen LogP contribution in [0.25, 0.3) is 0 Å². The molecule has 0 fully saturated rings. The number of rotatable bonds is 4. The smallest absolute Gasteiger partial charge is 0.265 e. The van der Waals surface area contributed by atoms with Gasteiger partial charge in [-0.25, -0.2) is 0 Å². The van der Waals surface area contributed by atoms with E-state index in [-0.39, 0.29) is 5.91 Å². The predicted octanol–water partition coefficient (Wildman–Crippen LogP) is 5.10. The molecule has 0 aliphatic rings. The lowest BCUT2D eigenvalue weighted by molar-refractivity contribution is 0.103. The number of carbonyl (C=O) groups is 1. The number of benzene rings is 2. The van der Waals surface area contributed by atoms with Crippen molar-refractivity contribution in [1.29, 1.82) is 0 Å². The lowest BCUT2D eigenvalue weighted by Crippen LogP contribution is -2.09. The van der Waals surface area contributed by atoms with Gasteiger partial charge in [-0.05, 0) is 60.3 Å². The molecule has 1 N–H and O–H groups in total. The fraction of sp³-hybridized carbons (Fsp3) is 0.0556. The van der Waals surface area contributed by atoms with Gasteiger partial charge in [0.2, 0.25) is 0 Å². The van der Waals surface area contributed by atoms with Crippen molar-refractivity contribution in [3.8, 4) is 11.5 Å². The van der Waals surface area contributed by atoms with E-state index in [4.69, 9.17) is 4.74 Å². The lowest BCUT2D eigenvalue weighted by Gasteiger charge is -2.08. The van der Waals surface area contributed by atoms with Gasteiger partial charge in [0.1, 0.15) is 11.5 Å². The Morgan fingerprint density at radius 2 is 1.82 bits per heavy atom. The number of hydrogen-bond acceptors (Lipinski definition) is 3. The second-order valence-corrected chi connectivity index (χ2v) is 5.82. The molecule has 1 amide bonds. The van der Waals surface area contributed by atoms with Crippen molar-refractivity contribution >= 4 is 22.9 Å². The van der Waals surface area contributed by atoms with Gasteiger partial charge < -0.3 is 10.1 Å². The molecule has 0 radical (unpaired) electrons. The summed E-state index contributed by atoms with van der Waals surface area (Å²) in [5, 5.41) is 4.74. The van der Waals surface area contributed by atoms with E-state index in [1.165, 1.54) is 11.3 Å². The second-order valence-electron chi connectivity index (χ2n) is 4.87. The third-order valence-corrected chi connectivity index (χ3v) is 3.95. The van der Waals surface area contributed by atoms with Crippen LogP contribution in [0.4, 0.5) is 5.69 Å². The van der Waals surface area contributed by atoms with Crippen LogP contribution in [0.3, 0.4) is 0 Å². The molecule has 1 aromatic heterocycles. The van der Waals surface area contributed by atoms with Crippen molar-refractivity contribution in [2.45, 2.75) is 6.92 Å². The van der Waals surface area contributed by atoms with E-state index in [0.29, 0.717) is 4.88 Å². The molecule has 0 atom stereocenters. The minimum absolute atomic E-state index is 0.0950. The highest BCUT2D eigenvalue weighted by molar-refractivity contribution is 7.12. The number of nitrogens with one attached hydrogen (secondary N) is 1. The van der Waals surface area contributed by atoms with Crippen LogP contribution in [0.5, 0.6) is 11.5 Å². The molecule has 3 rings (SSSR count). The average Bonchev–Trinajstić information content (AvgIpc) is 3.04. The van der Waals surface area contributed by atoms with E-state index in [1.807, 2.05) is 66.9 Å². The van der Waals surface area contributed by atoms with Gasteiger partial charge >= 0.3 is 0 Å². The highest BCUT2D eigenvalue weighted by Crippen LogP contribution is 2.24. The largest absolute Gasteiger partial charge is 0.457 e. The Kier molecular flexibility index (Phi) is 4.21. The van der Waals surface area contributed by atoms with E-state index in [9.17, 15) is 4.79 Å². The zero-order chi connectivity index (χ0) is 15.4. The number of anilines is 1. The quantitative estimate of drug-likeness (QED) is 0.728. The van der Waals surface area contributed by atoms with Crippen molar-refractivity contribution in [3.05, 3.63) is 76.5 Å². The first-order chi connectivity index (χ1) is 10.7. The molecule has 0 aliphatic heterocycles. The Bertz CT molecular complexity index is 764. The van der Waals surface area contributed by atoms with Crippen molar-refractivity contribution in [2.75, 3.05) is 5.32 Å². The molecule has 0 unspecified atom stereocenters. The maximum atomic E-state index is 12.0. The molecule has 0 saturated heterocycles. The van der Waals surface area contributed by atoms with E-state index >= 15 is 0 Å². The summed E-state index contributed by atoms with van der Waals surface area (Å²) >= 11 is 1.42. The molecule has 0 aliphatic carbocycles. The third kappa shape index (κ3) is 3.54. The maximum absolute atomic E-state index is 12.0. The number of amides is 1. The Balaban J connectivity index is 1.66. The zero-order valence-electron chi connectivity index (χ0n) is 12.1. The number of thiophene rings is 1. The number of aryl methyl sites for hydroxylation is 1. The van der Waals surface area contributed by atoms with Gasteiger partial charge in [-0.1, -0.05) is 18.2 Å². The second kappa shape index (κ2) is 6.45. The zero-order valence-corrected chi connectivity index (χ0v) is 12.9. The van der Waals surface area contributed by atoms with Gasteiger partial charge in [-0.3, -0.25) is 4.79 Å². The van der Waals surface area contributed by atoms with Gasteiger partial charge in [0.15, 0.2) is 0 Å². The number of hydrogen-bond donors (Lipinski definition) is 1. The summed E-state index contributed by atoms with van der Waals surface area (Å²) in [7, 11) is 0. The van der Waals surface area contributed by atoms with Gasteiger partial charge in [0, 0.05) is 5.69 Å². The van der Waals surface area contributed by atoms with Gasteiger partial charge in [0.25, 0.3) is 5.91 Å². The first-order valence-corrected chi connectivity index (χ1v) is 7.78. The van der Waals surface area contributed by atoms with Crippen molar-refractivity contribution in [2.24, 2.45) is 0 Å². The topological polar surface area (TPSA) is 38.3 Å². The molecule has 3 aromatic rings. The molecule has 4 heteroatoms. The van der Waals surface area contributed by atoms with E-state index in [0.717, 1.165) is 22.7 Å². The monoisotopic (exact) mass is 309 g/mol. The summed E-state index contributed by atoms with van der Waals surface area (Å²) in [5.74, 6) is 1.44. The Morgan fingerprint density at radius 3 is 2.50 bits per heavy atom. The Morgan fingerprint density at radius 1 is 1.00 bits per heavy atom. The summed E-state index contributed by atoms with van der Waals surface area (Å²) in [4.78, 5) is 12.7. The summed E-state index contributed by atoms with van der Waals surface area (Å²) in [6.07, 6.45) is 0. The lowest BCUT2D eigenvalue weighted by atomic mass is 10.2. The number of carbonyl (C=O) groups excluding carboxylic acids is 1. The summed E-state index contributed by atoms with van der Waals surface area (Å²) < 4.78 is 5.78. The van der Waals surface area contributed by atoms with Gasteiger partial charge in [-0.15, -0.1) is 11.3 Å². The van der Waals surface area contributed by atoms with Crippen molar-refractivity contribution < 1.29 is 9.53 Å². The third-order valence-electron chi connectivity index (χ3n) is 3.08. The minimum Gasteiger partial charge on any atom is -0.457 e. The minimum atomic E-state index is -0.0950. The predicted molar refractivity (Wildman–Crippen MR) is 90.0 cm³/mol.